The first-order valence-corrected chi connectivity index (χ1v) is 6.32. The molecule has 0 aliphatic carbocycles. The number of nitrogens with one attached hydrogen (secondary N) is 2. The standard InChI is InChI=1S/C12H23N5/c1-12(2,9-6-5-7-13-8-9)10-14-11(16-15-10)17(3)4/h9,13H,5-8H2,1-4H3,(H,14,15,16). The molecule has 0 spiro atoms. The van der Waals surface area contributed by atoms with Crippen LogP contribution in [0.4, 0.5) is 5.95 Å². The third kappa shape index (κ3) is 2.44. The van der Waals surface area contributed by atoms with E-state index in [2.05, 4.69) is 34.3 Å². The van der Waals surface area contributed by atoms with Crippen LogP contribution >= 0.6 is 0 Å². The van der Waals surface area contributed by atoms with Gasteiger partial charge in [-0.2, -0.15) is 4.98 Å². The second-order valence-corrected chi connectivity index (χ2v) is 5.64. The first-order valence-electron chi connectivity index (χ1n) is 6.32. The van der Waals surface area contributed by atoms with Crippen LogP contribution in [-0.4, -0.2) is 42.4 Å². The van der Waals surface area contributed by atoms with Crippen LogP contribution in [0.3, 0.4) is 0 Å². The summed E-state index contributed by atoms with van der Waals surface area (Å²) in [6, 6.07) is 0. The highest BCUT2D eigenvalue weighted by Crippen LogP contribution is 2.33. The summed E-state index contributed by atoms with van der Waals surface area (Å²) in [7, 11) is 3.92. The molecule has 0 saturated carbocycles. The van der Waals surface area contributed by atoms with Gasteiger partial charge in [0.2, 0.25) is 5.95 Å². The highest BCUT2D eigenvalue weighted by atomic mass is 15.3. The van der Waals surface area contributed by atoms with Crippen LogP contribution in [-0.2, 0) is 5.41 Å². The van der Waals surface area contributed by atoms with Gasteiger partial charge in [-0.15, -0.1) is 5.10 Å². The largest absolute Gasteiger partial charge is 0.346 e. The Balaban J connectivity index is 2.17. The molecule has 1 aliphatic heterocycles. The Bertz CT molecular complexity index is 363. The molecule has 1 aliphatic rings. The van der Waals surface area contributed by atoms with Crippen molar-refractivity contribution in [3.63, 3.8) is 0 Å². The highest BCUT2D eigenvalue weighted by molar-refractivity contribution is 5.27. The topological polar surface area (TPSA) is 56.8 Å². The fourth-order valence-electron chi connectivity index (χ4n) is 2.40. The zero-order valence-electron chi connectivity index (χ0n) is 11.2. The molecule has 0 aromatic carbocycles. The Morgan fingerprint density at radius 1 is 1.35 bits per heavy atom. The van der Waals surface area contributed by atoms with Crippen LogP contribution in [0.1, 0.15) is 32.5 Å². The first kappa shape index (κ1) is 12.4. The first-order chi connectivity index (χ1) is 8.01. The van der Waals surface area contributed by atoms with Gasteiger partial charge in [0.15, 0.2) is 0 Å². The molecule has 1 aromatic rings. The molecule has 1 saturated heterocycles. The molecule has 0 bridgehead atoms. The number of aromatic nitrogens is 3. The summed E-state index contributed by atoms with van der Waals surface area (Å²) in [5, 5.41) is 10.8. The van der Waals surface area contributed by atoms with Crippen LogP contribution in [0.15, 0.2) is 0 Å². The smallest absolute Gasteiger partial charge is 0.244 e. The van der Waals surface area contributed by atoms with Crippen LogP contribution < -0.4 is 10.2 Å². The maximum atomic E-state index is 4.59. The molecule has 1 aromatic heterocycles. The number of anilines is 1. The lowest BCUT2D eigenvalue weighted by Gasteiger charge is -2.35. The van der Waals surface area contributed by atoms with E-state index in [-0.39, 0.29) is 5.41 Å². The molecule has 1 atom stereocenters. The Hall–Kier alpha value is -1.10. The molecule has 2 rings (SSSR count). The minimum atomic E-state index is 0.0503. The van der Waals surface area contributed by atoms with Crippen LogP contribution in [0.25, 0.3) is 0 Å². The van der Waals surface area contributed by atoms with Gasteiger partial charge in [0.1, 0.15) is 5.82 Å². The summed E-state index contributed by atoms with van der Waals surface area (Å²) in [6.07, 6.45) is 2.51. The van der Waals surface area contributed by atoms with E-state index in [1.807, 2.05) is 19.0 Å². The average Bonchev–Trinajstić information content (AvgIpc) is 2.80. The van der Waals surface area contributed by atoms with Gasteiger partial charge in [0.05, 0.1) is 0 Å². The number of H-pyrrole nitrogens is 1. The molecule has 0 amide bonds. The van der Waals surface area contributed by atoms with E-state index >= 15 is 0 Å². The fraction of sp³-hybridized carbons (Fsp3) is 0.833. The number of hydrogen-bond acceptors (Lipinski definition) is 4. The molecule has 2 heterocycles. The van der Waals surface area contributed by atoms with E-state index < -0.39 is 0 Å². The van der Waals surface area contributed by atoms with Crippen LogP contribution in [0.5, 0.6) is 0 Å². The van der Waals surface area contributed by atoms with Crippen molar-refractivity contribution in [2.45, 2.75) is 32.1 Å². The van der Waals surface area contributed by atoms with Crippen molar-refractivity contribution in [2.24, 2.45) is 5.92 Å². The minimum Gasteiger partial charge on any atom is -0.346 e. The van der Waals surface area contributed by atoms with Crippen molar-refractivity contribution in [2.75, 3.05) is 32.1 Å². The van der Waals surface area contributed by atoms with Gasteiger partial charge >= 0.3 is 0 Å². The zero-order chi connectivity index (χ0) is 12.5. The van der Waals surface area contributed by atoms with E-state index in [0.717, 1.165) is 24.9 Å². The summed E-state index contributed by atoms with van der Waals surface area (Å²) in [5.41, 5.74) is 0.0503. The van der Waals surface area contributed by atoms with Crippen molar-refractivity contribution >= 4 is 5.95 Å². The van der Waals surface area contributed by atoms with Gasteiger partial charge in [-0.05, 0) is 31.8 Å². The van der Waals surface area contributed by atoms with Gasteiger partial charge in [0, 0.05) is 19.5 Å². The molecule has 0 radical (unpaired) electrons. The monoisotopic (exact) mass is 237 g/mol. The Morgan fingerprint density at radius 2 is 2.12 bits per heavy atom. The molecular weight excluding hydrogens is 214 g/mol. The normalized spacial score (nSPS) is 21.5. The van der Waals surface area contributed by atoms with Gasteiger partial charge in [0.25, 0.3) is 0 Å². The Kier molecular flexibility index (Phi) is 3.38. The zero-order valence-corrected chi connectivity index (χ0v) is 11.2. The summed E-state index contributed by atoms with van der Waals surface area (Å²) in [4.78, 5) is 6.51. The van der Waals surface area contributed by atoms with Crippen molar-refractivity contribution in [3.8, 4) is 0 Å². The number of piperidine rings is 1. The molecule has 5 heteroatoms. The Morgan fingerprint density at radius 3 is 2.65 bits per heavy atom. The molecular formula is C12H23N5. The lowest BCUT2D eigenvalue weighted by Crippen LogP contribution is -2.41. The predicted molar refractivity (Wildman–Crippen MR) is 69.3 cm³/mol. The van der Waals surface area contributed by atoms with Gasteiger partial charge < -0.3 is 10.2 Å². The lowest BCUT2D eigenvalue weighted by atomic mass is 9.74. The van der Waals surface area contributed by atoms with Crippen LogP contribution in [0, 0.1) is 5.92 Å². The Labute approximate surface area is 103 Å². The number of aromatic amines is 1. The minimum absolute atomic E-state index is 0.0503. The molecule has 1 fully saturated rings. The van der Waals surface area contributed by atoms with Gasteiger partial charge in [-0.1, -0.05) is 13.8 Å². The van der Waals surface area contributed by atoms with Crippen molar-refractivity contribution < 1.29 is 0 Å². The quantitative estimate of drug-likeness (QED) is 0.828. The third-order valence-electron chi connectivity index (χ3n) is 3.80. The van der Waals surface area contributed by atoms with E-state index in [1.165, 1.54) is 12.8 Å². The maximum Gasteiger partial charge on any atom is 0.244 e. The highest BCUT2D eigenvalue weighted by Gasteiger charge is 2.35. The van der Waals surface area contributed by atoms with E-state index in [0.29, 0.717) is 5.92 Å². The van der Waals surface area contributed by atoms with E-state index in [1.54, 1.807) is 0 Å². The predicted octanol–water partition coefficient (Wildman–Crippen LogP) is 1.15. The van der Waals surface area contributed by atoms with E-state index in [4.69, 9.17) is 0 Å². The summed E-state index contributed by atoms with van der Waals surface area (Å²) >= 11 is 0. The maximum absolute atomic E-state index is 4.59. The fourth-order valence-corrected chi connectivity index (χ4v) is 2.40. The molecule has 1 unspecified atom stereocenters. The summed E-state index contributed by atoms with van der Waals surface area (Å²) in [5.74, 6) is 2.38. The number of nitrogens with zero attached hydrogens (tertiary/aromatic N) is 3. The molecule has 17 heavy (non-hydrogen) atoms. The third-order valence-corrected chi connectivity index (χ3v) is 3.80. The van der Waals surface area contributed by atoms with E-state index in [9.17, 15) is 0 Å². The molecule has 5 nitrogen and oxygen atoms in total. The van der Waals surface area contributed by atoms with Crippen molar-refractivity contribution in [3.05, 3.63) is 5.82 Å². The van der Waals surface area contributed by atoms with Crippen molar-refractivity contribution in [1.29, 1.82) is 0 Å². The number of hydrogen-bond donors (Lipinski definition) is 2. The summed E-state index contributed by atoms with van der Waals surface area (Å²) in [6.45, 7) is 6.73. The summed E-state index contributed by atoms with van der Waals surface area (Å²) < 4.78 is 0. The number of rotatable bonds is 3. The molecule has 96 valence electrons. The van der Waals surface area contributed by atoms with Gasteiger partial charge in [-0.25, -0.2) is 0 Å². The lowest BCUT2D eigenvalue weighted by molar-refractivity contribution is 0.242. The van der Waals surface area contributed by atoms with Gasteiger partial charge in [-0.3, -0.25) is 5.10 Å². The average molecular weight is 237 g/mol. The second-order valence-electron chi connectivity index (χ2n) is 5.64. The molecule has 2 N–H and O–H groups in total. The SMILES string of the molecule is CN(C)c1n[nH]c(C(C)(C)C2CCCNC2)n1. The van der Waals surface area contributed by atoms with Crippen molar-refractivity contribution in [1.82, 2.24) is 20.5 Å². The van der Waals surface area contributed by atoms with Crippen LogP contribution in [0.2, 0.25) is 0 Å². The second kappa shape index (κ2) is 4.64.